The second-order valence-corrected chi connectivity index (χ2v) is 10.9. The molecular formula is C29H44N4O4S. The first-order chi connectivity index (χ1) is 18.1. The molecule has 8 nitrogen and oxygen atoms in total. The summed E-state index contributed by atoms with van der Waals surface area (Å²) in [6, 6.07) is 6.44. The number of hydrogen-bond acceptors (Lipinski definition) is 6. The Morgan fingerprint density at radius 1 is 1.16 bits per heavy atom. The fourth-order valence-electron chi connectivity index (χ4n) is 4.36. The monoisotopic (exact) mass is 544 g/mol. The summed E-state index contributed by atoms with van der Waals surface area (Å²) in [4.78, 5) is 45.9. The van der Waals surface area contributed by atoms with Crippen molar-refractivity contribution in [3.8, 4) is 10.4 Å². The van der Waals surface area contributed by atoms with Gasteiger partial charge < -0.3 is 20.6 Å². The van der Waals surface area contributed by atoms with Crippen LogP contribution < -0.4 is 10.6 Å². The van der Waals surface area contributed by atoms with Gasteiger partial charge in [0.05, 0.1) is 22.2 Å². The number of amides is 3. The van der Waals surface area contributed by atoms with E-state index in [4.69, 9.17) is 0 Å². The number of carbonyl (C=O) groups is 3. The van der Waals surface area contributed by atoms with Crippen LogP contribution in [0.3, 0.4) is 0 Å². The van der Waals surface area contributed by atoms with Crippen LogP contribution in [-0.2, 0) is 20.9 Å². The smallest absolute Gasteiger partial charge is 0.245 e. The van der Waals surface area contributed by atoms with E-state index in [1.54, 1.807) is 11.3 Å². The second-order valence-electron chi connectivity index (χ2n) is 10.1. The first kappa shape index (κ1) is 31.4. The predicted molar refractivity (Wildman–Crippen MR) is 152 cm³/mol. The van der Waals surface area contributed by atoms with E-state index in [0.717, 1.165) is 21.7 Å². The third-order valence-corrected chi connectivity index (χ3v) is 7.65. The molecule has 3 rings (SSSR count). The summed E-state index contributed by atoms with van der Waals surface area (Å²) in [6.07, 6.45) is 0.534. The highest BCUT2D eigenvalue weighted by atomic mass is 32.1. The van der Waals surface area contributed by atoms with E-state index < -0.39 is 18.2 Å². The molecule has 0 radical (unpaired) electrons. The minimum Gasteiger partial charge on any atom is -0.391 e. The highest BCUT2D eigenvalue weighted by Crippen LogP contribution is 2.27. The SMILES string of the molecule is CC.CCC(C)C(=O)NC(CC(C)C)C(=O)N1CC(O)CC1C(=O)NCc1ccc(-c2scnc2C)cc1. The van der Waals surface area contributed by atoms with Crippen LogP contribution in [0.15, 0.2) is 29.8 Å². The number of benzene rings is 1. The minimum absolute atomic E-state index is 0.0770. The van der Waals surface area contributed by atoms with Crippen molar-refractivity contribution in [3.63, 3.8) is 0 Å². The average molecular weight is 545 g/mol. The van der Waals surface area contributed by atoms with Crippen molar-refractivity contribution in [3.05, 3.63) is 41.0 Å². The van der Waals surface area contributed by atoms with Gasteiger partial charge in [0.25, 0.3) is 0 Å². The van der Waals surface area contributed by atoms with Gasteiger partial charge in [-0.3, -0.25) is 14.4 Å². The molecule has 1 aliphatic rings. The molecule has 210 valence electrons. The number of aliphatic hydroxyl groups excluding tert-OH is 1. The van der Waals surface area contributed by atoms with Crippen LogP contribution in [0.4, 0.5) is 0 Å². The molecule has 38 heavy (non-hydrogen) atoms. The maximum atomic E-state index is 13.5. The molecular weight excluding hydrogens is 500 g/mol. The summed E-state index contributed by atoms with van der Waals surface area (Å²) in [5.41, 5.74) is 4.82. The molecule has 0 aliphatic carbocycles. The zero-order chi connectivity index (χ0) is 28.4. The summed E-state index contributed by atoms with van der Waals surface area (Å²) in [5, 5.41) is 16.1. The van der Waals surface area contributed by atoms with E-state index in [1.807, 2.05) is 78.2 Å². The zero-order valence-electron chi connectivity index (χ0n) is 23.8. The Kier molecular flexibility index (Phi) is 12.4. The highest BCUT2D eigenvalue weighted by molar-refractivity contribution is 7.13. The molecule has 3 N–H and O–H groups in total. The van der Waals surface area contributed by atoms with Crippen LogP contribution in [0.5, 0.6) is 0 Å². The van der Waals surface area contributed by atoms with Crippen LogP contribution >= 0.6 is 11.3 Å². The van der Waals surface area contributed by atoms with Gasteiger partial charge in [0, 0.05) is 25.4 Å². The van der Waals surface area contributed by atoms with Gasteiger partial charge in [-0.15, -0.1) is 11.3 Å². The van der Waals surface area contributed by atoms with Crippen LogP contribution in [-0.4, -0.2) is 57.4 Å². The first-order valence-electron chi connectivity index (χ1n) is 13.7. The molecule has 1 aromatic carbocycles. The number of aromatic nitrogens is 1. The highest BCUT2D eigenvalue weighted by Gasteiger charge is 2.41. The molecule has 4 atom stereocenters. The molecule has 3 amide bonds. The van der Waals surface area contributed by atoms with Gasteiger partial charge >= 0.3 is 0 Å². The minimum atomic E-state index is -0.781. The van der Waals surface area contributed by atoms with Crippen LogP contribution in [0, 0.1) is 18.8 Å². The standard InChI is InChI=1S/C27H38N4O4S.C2H6/c1-6-17(4)25(33)30-22(11-16(2)3)27(35)31-14-21(32)12-23(31)26(34)28-13-19-7-9-20(10-8-19)24-18(5)29-15-36-24;1-2/h7-10,15-17,21-23,32H,6,11-14H2,1-5H3,(H,28,34)(H,30,33);1-2H3. The van der Waals surface area contributed by atoms with E-state index in [1.165, 1.54) is 4.90 Å². The Balaban J connectivity index is 0.00000247. The van der Waals surface area contributed by atoms with Crippen molar-refractivity contribution in [2.24, 2.45) is 11.8 Å². The van der Waals surface area contributed by atoms with Gasteiger partial charge in [0.1, 0.15) is 12.1 Å². The molecule has 2 aromatic rings. The summed E-state index contributed by atoms with van der Waals surface area (Å²) in [6.45, 7) is 14.1. The van der Waals surface area contributed by atoms with E-state index >= 15 is 0 Å². The van der Waals surface area contributed by atoms with Crippen molar-refractivity contribution in [1.29, 1.82) is 0 Å². The Morgan fingerprint density at radius 2 is 1.82 bits per heavy atom. The molecule has 1 aliphatic heterocycles. The largest absolute Gasteiger partial charge is 0.391 e. The van der Waals surface area contributed by atoms with Gasteiger partial charge in [-0.25, -0.2) is 4.98 Å². The number of carbonyl (C=O) groups excluding carboxylic acids is 3. The van der Waals surface area contributed by atoms with Gasteiger partial charge in [-0.1, -0.05) is 65.8 Å². The number of likely N-dealkylation sites (tertiary alicyclic amines) is 1. The Hall–Kier alpha value is -2.78. The molecule has 2 heterocycles. The number of β-amino-alcohol motifs (C(OH)–C–C–N with tert-alkyl or cyclic N) is 1. The fourth-order valence-corrected chi connectivity index (χ4v) is 5.17. The molecule has 0 saturated carbocycles. The number of aliphatic hydroxyl groups is 1. The molecule has 4 unspecified atom stereocenters. The first-order valence-corrected chi connectivity index (χ1v) is 14.5. The Bertz CT molecular complexity index is 1050. The lowest BCUT2D eigenvalue weighted by Crippen LogP contribution is -2.54. The fraction of sp³-hybridized carbons (Fsp3) is 0.586. The number of rotatable bonds is 10. The number of aryl methyl sites for hydroxylation is 1. The van der Waals surface area contributed by atoms with Crippen molar-refractivity contribution in [2.75, 3.05) is 6.54 Å². The average Bonchev–Trinajstić information content (AvgIpc) is 3.52. The van der Waals surface area contributed by atoms with Gasteiger partial charge in [-0.05, 0) is 36.8 Å². The maximum Gasteiger partial charge on any atom is 0.245 e. The van der Waals surface area contributed by atoms with Gasteiger partial charge in [0.15, 0.2) is 0 Å². The summed E-state index contributed by atoms with van der Waals surface area (Å²) in [5.74, 6) is -0.829. The van der Waals surface area contributed by atoms with E-state index in [2.05, 4.69) is 15.6 Å². The number of nitrogens with one attached hydrogen (secondary N) is 2. The normalized spacial score (nSPS) is 18.4. The van der Waals surface area contributed by atoms with Crippen molar-refractivity contribution < 1.29 is 19.5 Å². The summed E-state index contributed by atoms with van der Waals surface area (Å²) >= 11 is 1.59. The second kappa shape index (κ2) is 15.0. The molecule has 0 bridgehead atoms. The molecule has 1 saturated heterocycles. The lowest BCUT2D eigenvalue weighted by atomic mass is 10.0. The number of thiazole rings is 1. The number of hydrogen-bond donors (Lipinski definition) is 3. The van der Waals surface area contributed by atoms with Crippen LogP contribution in [0.2, 0.25) is 0 Å². The van der Waals surface area contributed by atoms with Gasteiger partial charge in [-0.2, -0.15) is 0 Å². The molecule has 0 spiro atoms. The molecule has 1 fully saturated rings. The predicted octanol–water partition coefficient (Wildman–Crippen LogP) is 4.30. The lowest BCUT2D eigenvalue weighted by Gasteiger charge is -2.30. The quantitative estimate of drug-likeness (QED) is 0.413. The van der Waals surface area contributed by atoms with Crippen LogP contribution in [0.1, 0.15) is 72.1 Å². The summed E-state index contributed by atoms with van der Waals surface area (Å²) in [7, 11) is 0. The Morgan fingerprint density at radius 3 is 2.37 bits per heavy atom. The van der Waals surface area contributed by atoms with E-state index in [-0.39, 0.29) is 42.5 Å². The molecule has 9 heteroatoms. The van der Waals surface area contributed by atoms with Crippen molar-refractivity contribution in [2.45, 2.75) is 92.5 Å². The van der Waals surface area contributed by atoms with Crippen molar-refractivity contribution >= 4 is 29.1 Å². The third kappa shape index (κ3) is 8.36. The van der Waals surface area contributed by atoms with Gasteiger partial charge in [0.2, 0.25) is 17.7 Å². The topological polar surface area (TPSA) is 112 Å². The van der Waals surface area contributed by atoms with E-state index in [9.17, 15) is 19.5 Å². The summed E-state index contributed by atoms with van der Waals surface area (Å²) < 4.78 is 0. The zero-order valence-corrected chi connectivity index (χ0v) is 24.6. The lowest BCUT2D eigenvalue weighted by molar-refractivity contribution is -0.142. The number of nitrogens with zero attached hydrogens (tertiary/aromatic N) is 2. The van der Waals surface area contributed by atoms with E-state index in [0.29, 0.717) is 19.4 Å². The molecule has 1 aromatic heterocycles. The van der Waals surface area contributed by atoms with Crippen molar-refractivity contribution in [1.82, 2.24) is 20.5 Å². The third-order valence-electron chi connectivity index (χ3n) is 6.67. The van der Waals surface area contributed by atoms with Crippen LogP contribution in [0.25, 0.3) is 10.4 Å². The Labute approximate surface area is 231 Å². The maximum absolute atomic E-state index is 13.5.